The van der Waals surface area contributed by atoms with Crippen LogP contribution in [0.3, 0.4) is 0 Å². The molecule has 0 aromatic heterocycles. The molecular formula is C33H30. The molecule has 2 aliphatic carbocycles. The van der Waals surface area contributed by atoms with Crippen molar-refractivity contribution in [3.63, 3.8) is 0 Å². The third-order valence-electron chi connectivity index (χ3n) is 6.88. The molecule has 0 heteroatoms. The molecule has 0 nitrogen and oxygen atoms in total. The molecule has 0 atom stereocenters. The van der Waals surface area contributed by atoms with Gasteiger partial charge >= 0.3 is 0 Å². The lowest BCUT2D eigenvalue weighted by Gasteiger charge is -2.31. The SMILES string of the molecule is C.C.C=CC1=C(C=C)C2(c3ccccc3-c3ccccc32)c2cccc(-c3ccccc3)c21. The Labute approximate surface area is 198 Å². The maximum Gasteiger partial charge on any atom is 0.0725 e. The summed E-state index contributed by atoms with van der Waals surface area (Å²) in [5.74, 6) is 0. The van der Waals surface area contributed by atoms with E-state index in [9.17, 15) is 0 Å². The Bertz CT molecular complexity index is 1350. The van der Waals surface area contributed by atoms with Crippen LogP contribution >= 0.6 is 0 Å². The van der Waals surface area contributed by atoms with Crippen LogP contribution in [0.1, 0.15) is 37.1 Å². The average molecular weight is 427 g/mol. The molecule has 4 aromatic carbocycles. The number of hydrogen-bond acceptors (Lipinski definition) is 0. The quantitative estimate of drug-likeness (QED) is 0.306. The first-order valence-corrected chi connectivity index (χ1v) is 10.7. The third-order valence-corrected chi connectivity index (χ3v) is 6.88. The highest BCUT2D eigenvalue weighted by Crippen LogP contribution is 2.63. The van der Waals surface area contributed by atoms with Crippen LogP contribution in [-0.4, -0.2) is 0 Å². The Morgan fingerprint density at radius 1 is 0.515 bits per heavy atom. The smallest absolute Gasteiger partial charge is 0.0725 e. The van der Waals surface area contributed by atoms with Gasteiger partial charge in [0.25, 0.3) is 0 Å². The van der Waals surface area contributed by atoms with Crippen molar-refractivity contribution in [1.29, 1.82) is 0 Å². The normalized spacial score (nSPS) is 13.9. The van der Waals surface area contributed by atoms with Gasteiger partial charge in [0.05, 0.1) is 5.41 Å². The fourth-order valence-electron chi connectivity index (χ4n) is 5.79. The van der Waals surface area contributed by atoms with E-state index in [1.807, 2.05) is 12.2 Å². The van der Waals surface area contributed by atoms with Crippen molar-refractivity contribution in [2.75, 3.05) is 0 Å². The molecule has 2 aliphatic rings. The van der Waals surface area contributed by atoms with E-state index in [0.29, 0.717) is 0 Å². The Morgan fingerprint density at radius 2 is 1.03 bits per heavy atom. The maximum atomic E-state index is 4.29. The summed E-state index contributed by atoms with van der Waals surface area (Å²) in [6.45, 7) is 8.52. The van der Waals surface area contributed by atoms with Crippen LogP contribution in [0.5, 0.6) is 0 Å². The first-order chi connectivity index (χ1) is 15.3. The number of fused-ring (bicyclic) bond motifs is 7. The van der Waals surface area contributed by atoms with E-state index in [2.05, 4.69) is 110 Å². The van der Waals surface area contributed by atoms with Gasteiger partial charge in [-0.3, -0.25) is 0 Å². The van der Waals surface area contributed by atoms with Crippen LogP contribution in [-0.2, 0) is 5.41 Å². The summed E-state index contributed by atoms with van der Waals surface area (Å²) in [7, 11) is 0. The molecule has 0 heterocycles. The first-order valence-electron chi connectivity index (χ1n) is 10.7. The van der Waals surface area contributed by atoms with Gasteiger partial charge in [-0.2, -0.15) is 0 Å². The topological polar surface area (TPSA) is 0 Å². The Morgan fingerprint density at radius 3 is 1.61 bits per heavy atom. The Kier molecular flexibility index (Phi) is 5.56. The van der Waals surface area contributed by atoms with Crippen molar-refractivity contribution < 1.29 is 0 Å². The lowest BCUT2D eigenvalue weighted by atomic mass is 9.69. The van der Waals surface area contributed by atoms with Crippen LogP contribution < -0.4 is 0 Å². The van der Waals surface area contributed by atoms with Gasteiger partial charge in [-0.15, -0.1) is 0 Å². The predicted molar refractivity (Wildman–Crippen MR) is 144 cm³/mol. The van der Waals surface area contributed by atoms with Gasteiger partial charge in [0.1, 0.15) is 0 Å². The number of hydrogen-bond donors (Lipinski definition) is 0. The zero-order chi connectivity index (χ0) is 21.0. The standard InChI is InChI=1S/C31H22.2CH4/c1-3-22-26(4-2)31(27-18-10-8-15-24(27)25-16-9-11-19-28(25)31)29-20-12-17-23(30(22)29)21-13-6-5-7-14-21;;/h3-20H,1-2H2;2*1H4. The summed E-state index contributed by atoms with van der Waals surface area (Å²) >= 11 is 0. The lowest BCUT2D eigenvalue weighted by molar-refractivity contribution is 0.787. The van der Waals surface area contributed by atoms with E-state index in [0.717, 1.165) is 0 Å². The molecule has 0 saturated heterocycles. The highest BCUT2D eigenvalue weighted by Gasteiger charge is 2.51. The van der Waals surface area contributed by atoms with Gasteiger partial charge in [0.2, 0.25) is 0 Å². The summed E-state index contributed by atoms with van der Waals surface area (Å²) in [6.07, 6.45) is 4.06. The lowest BCUT2D eigenvalue weighted by Crippen LogP contribution is -2.26. The van der Waals surface area contributed by atoms with E-state index in [4.69, 9.17) is 0 Å². The van der Waals surface area contributed by atoms with E-state index in [-0.39, 0.29) is 20.3 Å². The second kappa shape index (κ2) is 8.22. The second-order valence-corrected chi connectivity index (χ2v) is 8.17. The van der Waals surface area contributed by atoms with E-state index < -0.39 is 0 Å². The summed E-state index contributed by atoms with van der Waals surface area (Å²) < 4.78 is 0. The van der Waals surface area contributed by atoms with Gasteiger partial charge in [-0.05, 0) is 55.7 Å². The first kappa shape index (κ1) is 22.3. The molecule has 0 aliphatic heterocycles. The molecule has 0 N–H and O–H groups in total. The average Bonchev–Trinajstić information content (AvgIpc) is 3.31. The maximum absolute atomic E-state index is 4.29. The summed E-state index contributed by atoms with van der Waals surface area (Å²) in [6, 6.07) is 35.0. The minimum Gasteiger partial charge on any atom is -0.0987 e. The van der Waals surface area contributed by atoms with Crippen LogP contribution in [0, 0.1) is 0 Å². The monoisotopic (exact) mass is 426 g/mol. The van der Waals surface area contributed by atoms with Crippen molar-refractivity contribution in [3.05, 3.63) is 150 Å². The molecule has 0 fully saturated rings. The summed E-state index contributed by atoms with van der Waals surface area (Å²) in [4.78, 5) is 0. The van der Waals surface area contributed by atoms with Gasteiger partial charge in [0, 0.05) is 0 Å². The van der Waals surface area contributed by atoms with E-state index in [1.165, 1.54) is 55.7 Å². The largest absolute Gasteiger partial charge is 0.0987 e. The number of benzene rings is 4. The predicted octanol–water partition coefficient (Wildman–Crippen LogP) is 9.08. The van der Waals surface area contributed by atoms with Gasteiger partial charge < -0.3 is 0 Å². The fourth-order valence-corrected chi connectivity index (χ4v) is 5.79. The summed E-state index contributed by atoms with van der Waals surface area (Å²) in [5, 5.41) is 0. The highest BCUT2D eigenvalue weighted by atomic mass is 14.5. The van der Waals surface area contributed by atoms with Crippen molar-refractivity contribution in [2.45, 2.75) is 20.3 Å². The molecule has 1 spiro atoms. The van der Waals surface area contributed by atoms with Crippen LogP contribution in [0.25, 0.3) is 27.8 Å². The molecular weight excluding hydrogens is 396 g/mol. The fraction of sp³-hybridized carbons (Fsp3) is 0.0909. The molecule has 162 valence electrons. The van der Waals surface area contributed by atoms with Crippen molar-refractivity contribution >= 4 is 5.57 Å². The molecule has 0 saturated carbocycles. The van der Waals surface area contributed by atoms with Gasteiger partial charge in [-0.25, -0.2) is 0 Å². The molecule has 0 amide bonds. The Balaban J connectivity index is 0.00000130. The van der Waals surface area contributed by atoms with Crippen LogP contribution in [0.15, 0.2) is 128 Å². The minimum atomic E-state index is -0.363. The van der Waals surface area contributed by atoms with E-state index in [1.54, 1.807) is 0 Å². The molecule has 4 aromatic rings. The van der Waals surface area contributed by atoms with Gasteiger partial charge in [-0.1, -0.05) is 137 Å². The molecule has 0 bridgehead atoms. The highest BCUT2D eigenvalue weighted by molar-refractivity contribution is 6.01. The molecule has 33 heavy (non-hydrogen) atoms. The van der Waals surface area contributed by atoms with E-state index >= 15 is 0 Å². The Hall–Kier alpha value is -3.90. The molecule has 0 radical (unpaired) electrons. The molecule has 6 rings (SSSR count). The van der Waals surface area contributed by atoms with Crippen molar-refractivity contribution in [2.24, 2.45) is 0 Å². The summed E-state index contributed by atoms with van der Waals surface area (Å²) in [5.41, 5.74) is 12.3. The minimum absolute atomic E-state index is 0. The second-order valence-electron chi connectivity index (χ2n) is 8.17. The zero-order valence-corrected chi connectivity index (χ0v) is 17.3. The van der Waals surface area contributed by atoms with Crippen LogP contribution in [0.4, 0.5) is 0 Å². The van der Waals surface area contributed by atoms with Gasteiger partial charge in [0.15, 0.2) is 0 Å². The molecule has 0 unspecified atom stereocenters. The van der Waals surface area contributed by atoms with Crippen molar-refractivity contribution in [3.8, 4) is 22.3 Å². The third kappa shape index (κ3) is 2.71. The number of rotatable bonds is 3. The number of allylic oxidation sites excluding steroid dienone is 4. The zero-order valence-electron chi connectivity index (χ0n) is 17.3. The van der Waals surface area contributed by atoms with Crippen LogP contribution in [0.2, 0.25) is 0 Å². The van der Waals surface area contributed by atoms with Crippen molar-refractivity contribution in [1.82, 2.24) is 0 Å².